The number of rotatable bonds is 13. The maximum absolute atomic E-state index is 12.7. The molecule has 0 aromatic heterocycles. The molecule has 13 nitrogen and oxygen atoms in total. The van der Waals surface area contributed by atoms with Gasteiger partial charge in [0.2, 0.25) is 0 Å². The number of nitrogens with zero attached hydrogens (tertiary/aromatic N) is 1. The Balaban J connectivity index is 1.04. The lowest BCUT2D eigenvalue weighted by atomic mass is 9.78. The number of ether oxygens (including phenoxy) is 4. The maximum Gasteiger partial charge on any atom is 0.344 e. The number of nitro benzene ring substituents is 1. The molecule has 0 atom stereocenters. The number of non-ortho nitro benzene ring substituents is 1. The Hall–Kier alpha value is -7.80. The van der Waals surface area contributed by atoms with E-state index < -0.39 is 45.5 Å². The van der Waals surface area contributed by atoms with Crippen LogP contribution < -0.4 is 18.9 Å². The quantitative estimate of drug-likeness (QED) is 0.0493. The van der Waals surface area contributed by atoms with Crippen molar-refractivity contribution < 1.29 is 53.3 Å². The number of benzene rings is 6. The van der Waals surface area contributed by atoms with Crippen LogP contribution >= 0.6 is 0 Å². The summed E-state index contributed by atoms with van der Waals surface area (Å²) in [5.41, 5.74) is 0.112. The lowest BCUT2D eigenvalue weighted by Crippen LogP contribution is -2.18. The summed E-state index contributed by atoms with van der Waals surface area (Å²) in [5.74, 6) is -2.05. The molecule has 0 radical (unpaired) electrons. The molecular weight excluding hydrogens is 722 g/mol. The van der Waals surface area contributed by atoms with Crippen LogP contribution in [0.3, 0.4) is 0 Å². The van der Waals surface area contributed by atoms with Crippen molar-refractivity contribution in [3.05, 3.63) is 183 Å². The molecule has 0 saturated carbocycles. The average molecular weight is 754 g/mol. The molecule has 6 aromatic rings. The fourth-order valence-corrected chi connectivity index (χ4v) is 5.64. The Morgan fingerprint density at radius 2 is 0.857 bits per heavy atom. The van der Waals surface area contributed by atoms with E-state index in [0.29, 0.717) is 23.0 Å². The van der Waals surface area contributed by atoms with Crippen LogP contribution in [-0.2, 0) is 5.41 Å². The number of esters is 2. The summed E-state index contributed by atoms with van der Waals surface area (Å²) in [4.78, 5) is 58.6. The van der Waals surface area contributed by atoms with Crippen LogP contribution in [0, 0.1) is 10.1 Å². The Bertz CT molecular complexity index is 2440. The summed E-state index contributed by atoms with van der Waals surface area (Å²) >= 11 is 0. The summed E-state index contributed by atoms with van der Waals surface area (Å²) in [5, 5.41) is 29.8. The van der Waals surface area contributed by atoms with Gasteiger partial charge >= 0.3 is 23.9 Å². The van der Waals surface area contributed by atoms with Gasteiger partial charge in [0.25, 0.3) is 5.69 Å². The van der Waals surface area contributed by atoms with Crippen molar-refractivity contribution in [3.63, 3.8) is 0 Å². The number of carboxylic acid groups (broad SMARTS) is 2. The van der Waals surface area contributed by atoms with Gasteiger partial charge in [0.05, 0.1) is 27.2 Å². The SMILES string of the molecule is CC(C)(c1ccc(Oc2ccc(OC(=O)c3ccccc3C(=O)O)cc2)cc1)c1ccc(Oc2ccc(OC(=O)c3ccc([N+](=O)[O-])cc3C(=O)O)cc2)cc1. The Morgan fingerprint density at radius 3 is 1.25 bits per heavy atom. The number of hydrogen-bond acceptors (Lipinski definition) is 10. The Morgan fingerprint density at radius 1 is 0.500 bits per heavy atom. The molecule has 13 heteroatoms. The lowest BCUT2D eigenvalue weighted by Gasteiger charge is -2.26. The van der Waals surface area contributed by atoms with E-state index in [1.54, 1.807) is 42.5 Å². The van der Waals surface area contributed by atoms with E-state index >= 15 is 0 Å². The predicted molar refractivity (Wildman–Crippen MR) is 201 cm³/mol. The highest BCUT2D eigenvalue weighted by molar-refractivity contribution is 6.04. The lowest BCUT2D eigenvalue weighted by molar-refractivity contribution is -0.384. The fraction of sp³-hybridized carbons (Fsp3) is 0.0698. The van der Waals surface area contributed by atoms with Crippen LogP contribution in [0.2, 0.25) is 0 Å². The van der Waals surface area contributed by atoms with Crippen LogP contribution in [0.5, 0.6) is 34.5 Å². The molecule has 56 heavy (non-hydrogen) atoms. The topological polar surface area (TPSA) is 189 Å². The molecule has 0 heterocycles. The molecule has 6 rings (SSSR count). The first-order chi connectivity index (χ1) is 26.8. The minimum absolute atomic E-state index is 0.0514. The van der Waals surface area contributed by atoms with E-state index in [-0.39, 0.29) is 28.2 Å². The first-order valence-electron chi connectivity index (χ1n) is 16.8. The largest absolute Gasteiger partial charge is 0.478 e. The van der Waals surface area contributed by atoms with Gasteiger partial charge in [-0.2, -0.15) is 0 Å². The zero-order valence-corrected chi connectivity index (χ0v) is 29.7. The van der Waals surface area contributed by atoms with Crippen LogP contribution in [0.1, 0.15) is 66.4 Å². The van der Waals surface area contributed by atoms with E-state index in [1.807, 2.05) is 48.5 Å². The summed E-state index contributed by atoms with van der Waals surface area (Å²) in [7, 11) is 0. The van der Waals surface area contributed by atoms with Crippen LogP contribution in [0.15, 0.2) is 140 Å². The van der Waals surface area contributed by atoms with Crippen LogP contribution in [0.25, 0.3) is 0 Å². The first-order valence-corrected chi connectivity index (χ1v) is 16.8. The van der Waals surface area contributed by atoms with Crippen molar-refractivity contribution in [1.29, 1.82) is 0 Å². The number of nitro groups is 1. The van der Waals surface area contributed by atoms with E-state index in [4.69, 9.17) is 18.9 Å². The summed E-state index contributed by atoms with van der Waals surface area (Å²) in [6.45, 7) is 4.17. The highest BCUT2D eigenvalue weighted by Crippen LogP contribution is 2.35. The van der Waals surface area contributed by atoms with Gasteiger partial charge in [0.1, 0.15) is 34.5 Å². The van der Waals surface area contributed by atoms with Gasteiger partial charge in [-0.3, -0.25) is 10.1 Å². The normalized spacial score (nSPS) is 10.9. The Kier molecular flexibility index (Phi) is 10.9. The molecule has 0 saturated heterocycles. The van der Waals surface area contributed by atoms with Gasteiger partial charge in [0.15, 0.2) is 0 Å². The molecule has 0 bridgehead atoms. The third kappa shape index (κ3) is 8.69. The molecule has 0 unspecified atom stereocenters. The van der Waals surface area contributed by atoms with Gasteiger partial charge in [-0.25, -0.2) is 19.2 Å². The van der Waals surface area contributed by atoms with Crippen molar-refractivity contribution >= 4 is 29.6 Å². The predicted octanol–water partition coefficient (Wildman–Crippen LogP) is 9.34. The third-order valence-electron chi connectivity index (χ3n) is 8.73. The van der Waals surface area contributed by atoms with Gasteiger partial charge in [-0.1, -0.05) is 50.2 Å². The number of carbonyl (C=O) groups is 4. The zero-order valence-electron chi connectivity index (χ0n) is 29.7. The molecule has 280 valence electrons. The van der Waals surface area contributed by atoms with Crippen LogP contribution in [-0.4, -0.2) is 39.0 Å². The minimum Gasteiger partial charge on any atom is -0.478 e. The molecule has 6 aromatic carbocycles. The van der Waals surface area contributed by atoms with Gasteiger partial charge in [-0.05, 0) is 102 Å². The smallest absolute Gasteiger partial charge is 0.344 e. The van der Waals surface area contributed by atoms with Crippen molar-refractivity contribution in [3.8, 4) is 34.5 Å². The van der Waals surface area contributed by atoms with Crippen molar-refractivity contribution in [2.24, 2.45) is 0 Å². The summed E-state index contributed by atoms with van der Waals surface area (Å²) in [6.07, 6.45) is 0. The maximum atomic E-state index is 12.7. The minimum atomic E-state index is -1.50. The number of aromatic carboxylic acids is 2. The number of hydrogen-bond donors (Lipinski definition) is 2. The van der Waals surface area contributed by atoms with E-state index in [9.17, 15) is 39.5 Å². The van der Waals surface area contributed by atoms with Crippen molar-refractivity contribution in [2.45, 2.75) is 19.3 Å². The second-order valence-corrected chi connectivity index (χ2v) is 12.7. The summed E-state index contributed by atoms with van der Waals surface area (Å²) < 4.78 is 22.6. The molecule has 0 fully saturated rings. The second kappa shape index (κ2) is 16.1. The highest BCUT2D eigenvalue weighted by atomic mass is 16.6. The molecule has 0 aliphatic heterocycles. The van der Waals surface area contributed by atoms with Gasteiger partial charge in [0, 0.05) is 17.5 Å². The number of carbonyl (C=O) groups excluding carboxylic acids is 2. The fourth-order valence-electron chi connectivity index (χ4n) is 5.64. The van der Waals surface area contributed by atoms with Gasteiger partial charge < -0.3 is 29.2 Å². The van der Waals surface area contributed by atoms with Crippen LogP contribution in [0.4, 0.5) is 5.69 Å². The molecule has 2 N–H and O–H groups in total. The van der Waals surface area contributed by atoms with E-state index in [1.165, 1.54) is 30.3 Å². The molecule has 0 amide bonds. The van der Waals surface area contributed by atoms with E-state index in [0.717, 1.165) is 29.3 Å². The standard InChI is InChI=1S/C43H31NO12/c1-43(2,26-7-12-29(13-8-26)53-31-16-20-33(21-17-31)55-41(49)36-6-4-3-5-35(36)39(45)46)27-9-14-30(15-10-27)54-32-18-22-34(23-19-32)56-42(50)37-24-11-28(44(51)52)25-38(37)40(47)48/h3-25H,1-2H3,(H,45,46)(H,47,48). The zero-order chi connectivity index (χ0) is 40.0. The second-order valence-electron chi connectivity index (χ2n) is 12.7. The summed E-state index contributed by atoms with van der Waals surface area (Å²) in [6, 6.07) is 36.4. The average Bonchev–Trinajstić information content (AvgIpc) is 3.19. The first kappa shape index (κ1) is 37.9. The van der Waals surface area contributed by atoms with Crippen molar-refractivity contribution in [2.75, 3.05) is 0 Å². The van der Waals surface area contributed by atoms with Gasteiger partial charge in [-0.15, -0.1) is 0 Å². The third-order valence-corrected chi connectivity index (χ3v) is 8.73. The van der Waals surface area contributed by atoms with E-state index in [2.05, 4.69) is 13.8 Å². The molecule has 0 spiro atoms. The molecular formula is C43H31NO12. The molecule has 0 aliphatic carbocycles. The molecule has 0 aliphatic rings. The Labute approximate surface area is 319 Å². The van der Waals surface area contributed by atoms with Crippen molar-refractivity contribution in [1.82, 2.24) is 0 Å². The number of carboxylic acids is 2. The highest BCUT2D eigenvalue weighted by Gasteiger charge is 2.24. The monoisotopic (exact) mass is 753 g/mol.